The second-order valence-electron chi connectivity index (χ2n) is 9.06. The number of hydrogen-bond donors (Lipinski definition) is 1. The van der Waals surface area contributed by atoms with Gasteiger partial charge in [-0.2, -0.15) is 0 Å². The molecule has 0 atom stereocenters. The number of fused-ring (bicyclic) bond motifs is 1. The molecule has 0 radical (unpaired) electrons. The highest BCUT2D eigenvalue weighted by Crippen LogP contribution is 2.33. The van der Waals surface area contributed by atoms with Crippen LogP contribution in [0.15, 0.2) is 78.9 Å². The van der Waals surface area contributed by atoms with Gasteiger partial charge in [-0.25, -0.2) is 0 Å². The third kappa shape index (κ3) is 4.80. The van der Waals surface area contributed by atoms with Gasteiger partial charge in [0.15, 0.2) is 0 Å². The maximum Gasteiger partial charge on any atom is 0.255 e. The Kier molecular flexibility index (Phi) is 6.57. The molecule has 5 rings (SSSR count). The molecule has 1 aliphatic heterocycles. The minimum absolute atomic E-state index is 0.0193. The molecule has 1 fully saturated rings. The van der Waals surface area contributed by atoms with Crippen LogP contribution in [0, 0.1) is 6.92 Å². The van der Waals surface area contributed by atoms with Crippen LogP contribution in [-0.2, 0) is 11.2 Å². The van der Waals surface area contributed by atoms with Gasteiger partial charge in [0.25, 0.3) is 5.91 Å². The number of hydrogen-bond acceptors (Lipinski definition) is 3. The molecule has 1 N–H and O–H groups in total. The first-order valence-corrected chi connectivity index (χ1v) is 12.2. The van der Waals surface area contributed by atoms with Gasteiger partial charge in [0.05, 0.1) is 23.2 Å². The van der Waals surface area contributed by atoms with Crippen molar-refractivity contribution in [1.29, 1.82) is 0 Å². The van der Waals surface area contributed by atoms with Crippen LogP contribution in [0.25, 0.3) is 22.0 Å². The SMILES string of the molecule is Cc1nc2ccccc2c(-c2ccccc2)c1CC(=O)Nc1ccccc1C(=O)N1CCCCC1. The summed E-state index contributed by atoms with van der Waals surface area (Å²) in [7, 11) is 0. The van der Waals surface area contributed by atoms with Gasteiger partial charge >= 0.3 is 0 Å². The lowest BCUT2D eigenvalue weighted by Gasteiger charge is -2.27. The Morgan fingerprint density at radius 2 is 1.54 bits per heavy atom. The fraction of sp³-hybridized carbons (Fsp3) is 0.233. The first-order valence-electron chi connectivity index (χ1n) is 12.2. The minimum Gasteiger partial charge on any atom is -0.339 e. The van der Waals surface area contributed by atoms with Gasteiger partial charge in [-0.1, -0.05) is 60.7 Å². The number of nitrogens with zero attached hydrogens (tertiary/aromatic N) is 2. The molecular weight excluding hydrogens is 434 g/mol. The molecule has 1 aromatic heterocycles. The number of benzene rings is 3. The van der Waals surface area contributed by atoms with Gasteiger partial charge in [-0.15, -0.1) is 0 Å². The molecule has 5 heteroatoms. The molecule has 0 bridgehead atoms. The van der Waals surface area contributed by atoms with Crippen LogP contribution in [-0.4, -0.2) is 34.8 Å². The van der Waals surface area contributed by atoms with Crippen molar-refractivity contribution < 1.29 is 9.59 Å². The van der Waals surface area contributed by atoms with Crippen LogP contribution in [0.5, 0.6) is 0 Å². The monoisotopic (exact) mass is 463 g/mol. The quantitative estimate of drug-likeness (QED) is 0.394. The Labute approximate surface area is 205 Å². The first-order chi connectivity index (χ1) is 17.1. The van der Waals surface area contributed by atoms with E-state index in [1.165, 1.54) is 0 Å². The average Bonchev–Trinajstić information content (AvgIpc) is 2.90. The highest BCUT2D eigenvalue weighted by atomic mass is 16.2. The molecule has 2 amide bonds. The van der Waals surface area contributed by atoms with Crippen molar-refractivity contribution >= 4 is 28.4 Å². The Morgan fingerprint density at radius 1 is 0.857 bits per heavy atom. The zero-order chi connectivity index (χ0) is 24.2. The van der Waals surface area contributed by atoms with E-state index in [1.807, 2.05) is 60.4 Å². The van der Waals surface area contributed by atoms with Gasteiger partial charge in [0.1, 0.15) is 0 Å². The molecule has 0 aliphatic carbocycles. The minimum atomic E-state index is -0.166. The lowest BCUT2D eigenvalue weighted by atomic mass is 9.92. The van der Waals surface area contributed by atoms with E-state index in [4.69, 9.17) is 4.98 Å². The van der Waals surface area contributed by atoms with E-state index >= 15 is 0 Å². The number of carbonyl (C=O) groups excluding carboxylic acids is 2. The highest BCUT2D eigenvalue weighted by molar-refractivity contribution is 6.05. The van der Waals surface area contributed by atoms with Crippen LogP contribution in [0.2, 0.25) is 0 Å². The number of piperidine rings is 1. The summed E-state index contributed by atoms with van der Waals surface area (Å²) in [5, 5.41) is 4.04. The van der Waals surface area contributed by atoms with Gasteiger partial charge in [-0.05, 0) is 61.1 Å². The molecule has 176 valence electrons. The third-order valence-electron chi connectivity index (χ3n) is 6.67. The van der Waals surface area contributed by atoms with E-state index in [-0.39, 0.29) is 18.2 Å². The lowest BCUT2D eigenvalue weighted by Crippen LogP contribution is -2.36. The fourth-order valence-corrected chi connectivity index (χ4v) is 4.93. The number of amides is 2. The second-order valence-corrected chi connectivity index (χ2v) is 9.06. The highest BCUT2D eigenvalue weighted by Gasteiger charge is 2.22. The lowest BCUT2D eigenvalue weighted by molar-refractivity contribution is -0.115. The average molecular weight is 464 g/mol. The first kappa shape index (κ1) is 22.8. The van der Waals surface area contributed by atoms with E-state index in [0.717, 1.165) is 65.6 Å². The third-order valence-corrected chi connectivity index (χ3v) is 6.67. The zero-order valence-electron chi connectivity index (χ0n) is 20.0. The Hall–Kier alpha value is -3.99. The summed E-state index contributed by atoms with van der Waals surface area (Å²) in [6.07, 6.45) is 3.37. The maximum atomic E-state index is 13.3. The molecule has 1 saturated heterocycles. The number of nitrogens with one attached hydrogen (secondary N) is 1. The predicted molar refractivity (Wildman–Crippen MR) is 140 cm³/mol. The molecule has 5 nitrogen and oxygen atoms in total. The van der Waals surface area contributed by atoms with Gasteiger partial charge < -0.3 is 10.2 Å². The van der Waals surface area contributed by atoms with Crippen molar-refractivity contribution in [3.8, 4) is 11.1 Å². The van der Waals surface area contributed by atoms with E-state index in [1.54, 1.807) is 12.1 Å². The molecule has 0 saturated carbocycles. The fourth-order valence-electron chi connectivity index (χ4n) is 4.93. The largest absolute Gasteiger partial charge is 0.339 e. The van der Waals surface area contributed by atoms with E-state index in [9.17, 15) is 9.59 Å². The summed E-state index contributed by atoms with van der Waals surface area (Å²) in [6.45, 7) is 3.49. The topological polar surface area (TPSA) is 62.3 Å². The Bertz CT molecular complexity index is 1380. The van der Waals surface area contributed by atoms with Gasteiger partial charge in [0, 0.05) is 24.2 Å². The summed E-state index contributed by atoms with van der Waals surface area (Å²) in [5.41, 5.74) is 5.81. The number of likely N-dealkylation sites (tertiary alicyclic amines) is 1. The van der Waals surface area contributed by atoms with Crippen LogP contribution >= 0.6 is 0 Å². The molecule has 0 spiro atoms. The molecule has 1 aliphatic rings. The zero-order valence-corrected chi connectivity index (χ0v) is 20.0. The summed E-state index contributed by atoms with van der Waals surface area (Å²) in [5.74, 6) is -0.185. The predicted octanol–water partition coefficient (Wildman–Crippen LogP) is 6.02. The van der Waals surface area contributed by atoms with Crippen LogP contribution in [0.4, 0.5) is 5.69 Å². The number of pyridine rings is 1. The number of aryl methyl sites for hydroxylation is 1. The normalized spacial score (nSPS) is 13.6. The van der Waals surface area contributed by atoms with Crippen molar-refractivity contribution in [2.75, 3.05) is 18.4 Å². The van der Waals surface area contributed by atoms with E-state index < -0.39 is 0 Å². The van der Waals surface area contributed by atoms with Gasteiger partial charge in [0.2, 0.25) is 5.91 Å². The molecule has 4 aromatic rings. The Morgan fingerprint density at radius 3 is 2.34 bits per heavy atom. The van der Waals surface area contributed by atoms with E-state index in [0.29, 0.717) is 11.3 Å². The number of carbonyl (C=O) groups is 2. The van der Waals surface area contributed by atoms with Crippen molar-refractivity contribution in [2.45, 2.75) is 32.6 Å². The van der Waals surface area contributed by atoms with Crippen LogP contribution < -0.4 is 5.32 Å². The maximum absolute atomic E-state index is 13.3. The number of rotatable bonds is 5. The second kappa shape index (κ2) is 10.1. The molecule has 35 heavy (non-hydrogen) atoms. The summed E-state index contributed by atoms with van der Waals surface area (Å²) >= 11 is 0. The summed E-state index contributed by atoms with van der Waals surface area (Å²) in [6, 6.07) is 25.5. The van der Waals surface area contributed by atoms with E-state index in [2.05, 4.69) is 23.5 Å². The van der Waals surface area contributed by atoms with Crippen molar-refractivity contribution in [3.05, 3.63) is 95.7 Å². The van der Waals surface area contributed by atoms with Crippen LogP contribution in [0.1, 0.15) is 40.9 Å². The molecule has 2 heterocycles. The molecular formula is C30H29N3O2. The number of para-hydroxylation sites is 2. The summed E-state index contributed by atoms with van der Waals surface area (Å²) < 4.78 is 0. The summed E-state index contributed by atoms with van der Waals surface area (Å²) in [4.78, 5) is 33.2. The standard InChI is InChI=1S/C30H29N3O2/c1-21-25(29(22-12-4-2-5-13-22)23-14-6-8-16-26(23)31-21)20-28(34)32-27-17-9-7-15-24(27)30(35)33-18-10-3-11-19-33/h2,4-9,12-17H,3,10-11,18-20H2,1H3,(H,32,34). The Balaban J connectivity index is 1.47. The molecule has 3 aromatic carbocycles. The smallest absolute Gasteiger partial charge is 0.255 e. The molecule has 0 unspecified atom stereocenters. The number of anilines is 1. The van der Waals surface area contributed by atoms with Crippen molar-refractivity contribution in [3.63, 3.8) is 0 Å². The van der Waals surface area contributed by atoms with Crippen molar-refractivity contribution in [2.24, 2.45) is 0 Å². The van der Waals surface area contributed by atoms with Crippen LogP contribution in [0.3, 0.4) is 0 Å². The van der Waals surface area contributed by atoms with Gasteiger partial charge in [-0.3, -0.25) is 14.6 Å². The van der Waals surface area contributed by atoms with Crippen molar-refractivity contribution in [1.82, 2.24) is 9.88 Å². The number of aromatic nitrogens is 1.